The minimum Gasteiger partial charge on any atom is -0.467 e. The number of hydrogen-bond acceptors (Lipinski definition) is 4. The maximum Gasteiger partial charge on any atom is 0.237 e. The molecule has 1 saturated heterocycles. The summed E-state index contributed by atoms with van der Waals surface area (Å²) in [6, 6.07) is 4.41. The van der Waals surface area contributed by atoms with Gasteiger partial charge in [0.2, 0.25) is 5.91 Å². The van der Waals surface area contributed by atoms with Gasteiger partial charge in [-0.25, -0.2) is 0 Å². The Labute approximate surface area is 127 Å². The Balaban J connectivity index is 1.86. The molecule has 2 unspecified atom stereocenters. The zero-order chi connectivity index (χ0) is 15.2. The van der Waals surface area contributed by atoms with E-state index in [0.717, 1.165) is 18.8 Å². The molecule has 1 aromatic rings. The first-order valence-electron chi connectivity index (χ1n) is 7.87. The van der Waals surface area contributed by atoms with E-state index in [2.05, 4.69) is 29.4 Å². The van der Waals surface area contributed by atoms with E-state index in [1.54, 1.807) is 6.26 Å². The highest BCUT2D eigenvalue weighted by Crippen LogP contribution is 2.12. The molecule has 0 bridgehead atoms. The smallest absolute Gasteiger partial charge is 0.237 e. The van der Waals surface area contributed by atoms with Crippen LogP contribution in [0.4, 0.5) is 0 Å². The Kier molecular flexibility index (Phi) is 5.82. The fourth-order valence-corrected chi connectivity index (χ4v) is 2.87. The maximum atomic E-state index is 12.3. The second-order valence-electron chi connectivity index (χ2n) is 6.06. The monoisotopic (exact) mass is 293 g/mol. The molecule has 5 nitrogen and oxygen atoms in total. The van der Waals surface area contributed by atoms with Crippen LogP contribution in [-0.4, -0.2) is 42.0 Å². The highest BCUT2D eigenvalue weighted by molar-refractivity contribution is 5.81. The van der Waals surface area contributed by atoms with Crippen LogP contribution in [0.25, 0.3) is 0 Å². The Morgan fingerprint density at radius 2 is 2.33 bits per heavy atom. The van der Waals surface area contributed by atoms with Crippen LogP contribution < -0.4 is 10.6 Å². The summed E-state index contributed by atoms with van der Waals surface area (Å²) >= 11 is 0. The van der Waals surface area contributed by atoms with Gasteiger partial charge in [-0.3, -0.25) is 9.69 Å². The first-order chi connectivity index (χ1) is 10.1. The molecule has 0 aromatic carbocycles. The van der Waals surface area contributed by atoms with Gasteiger partial charge in [0, 0.05) is 18.6 Å². The third-order valence-electron chi connectivity index (χ3n) is 4.15. The van der Waals surface area contributed by atoms with Gasteiger partial charge in [-0.15, -0.1) is 0 Å². The molecule has 0 spiro atoms. The highest BCUT2D eigenvalue weighted by atomic mass is 16.3. The van der Waals surface area contributed by atoms with Gasteiger partial charge in [-0.1, -0.05) is 0 Å². The summed E-state index contributed by atoms with van der Waals surface area (Å²) in [5.41, 5.74) is 0. The van der Waals surface area contributed by atoms with E-state index in [1.807, 2.05) is 19.1 Å². The normalized spacial score (nSPS) is 20.1. The molecule has 118 valence electrons. The maximum absolute atomic E-state index is 12.3. The van der Waals surface area contributed by atoms with Crippen LogP contribution in [0, 0.1) is 0 Å². The first-order valence-corrected chi connectivity index (χ1v) is 7.87. The summed E-state index contributed by atoms with van der Waals surface area (Å²) in [5, 5.41) is 6.45. The van der Waals surface area contributed by atoms with Crippen LogP contribution in [0.5, 0.6) is 0 Å². The van der Waals surface area contributed by atoms with Gasteiger partial charge in [-0.05, 0) is 52.3 Å². The molecule has 0 radical (unpaired) electrons. The van der Waals surface area contributed by atoms with Crippen LogP contribution in [-0.2, 0) is 11.3 Å². The molecule has 2 rings (SSSR count). The van der Waals surface area contributed by atoms with E-state index in [-0.39, 0.29) is 11.9 Å². The number of carbonyl (C=O) groups is 1. The number of hydrogen-bond donors (Lipinski definition) is 2. The van der Waals surface area contributed by atoms with Crippen LogP contribution in [0.3, 0.4) is 0 Å². The summed E-state index contributed by atoms with van der Waals surface area (Å²) in [7, 11) is 0. The summed E-state index contributed by atoms with van der Waals surface area (Å²) in [6.07, 6.45) is 4.05. The third kappa shape index (κ3) is 4.58. The Hall–Kier alpha value is -1.33. The summed E-state index contributed by atoms with van der Waals surface area (Å²) < 4.78 is 5.24. The molecular weight excluding hydrogens is 266 g/mol. The van der Waals surface area contributed by atoms with Crippen molar-refractivity contribution in [1.29, 1.82) is 0 Å². The van der Waals surface area contributed by atoms with Crippen molar-refractivity contribution < 1.29 is 9.21 Å². The van der Waals surface area contributed by atoms with Crippen LogP contribution in [0.15, 0.2) is 22.8 Å². The molecule has 0 aliphatic carbocycles. The second-order valence-corrected chi connectivity index (χ2v) is 6.06. The number of amides is 1. The van der Waals surface area contributed by atoms with Crippen molar-refractivity contribution >= 4 is 5.91 Å². The molecule has 1 aliphatic rings. The number of nitrogens with one attached hydrogen (secondary N) is 2. The number of carbonyl (C=O) groups excluding carboxylic acids is 1. The van der Waals surface area contributed by atoms with Gasteiger partial charge in [0.1, 0.15) is 5.76 Å². The summed E-state index contributed by atoms with van der Waals surface area (Å²) in [6.45, 7) is 8.73. The van der Waals surface area contributed by atoms with Crippen molar-refractivity contribution in [2.24, 2.45) is 0 Å². The average molecular weight is 293 g/mol. The molecule has 1 fully saturated rings. The number of furan rings is 1. The van der Waals surface area contributed by atoms with E-state index >= 15 is 0 Å². The van der Waals surface area contributed by atoms with E-state index in [4.69, 9.17) is 4.42 Å². The molecule has 21 heavy (non-hydrogen) atoms. The van der Waals surface area contributed by atoms with Gasteiger partial charge in [0.25, 0.3) is 0 Å². The quantitative estimate of drug-likeness (QED) is 0.804. The molecule has 1 amide bonds. The van der Waals surface area contributed by atoms with E-state index in [9.17, 15) is 4.79 Å². The average Bonchev–Trinajstić information content (AvgIpc) is 3.14. The fourth-order valence-electron chi connectivity index (χ4n) is 2.87. The molecule has 0 saturated carbocycles. The Bertz CT molecular complexity index is 425. The van der Waals surface area contributed by atoms with Crippen molar-refractivity contribution in [3.63, 3.8) is 0 Å². The topological polar surface area (TPSA) is 57.5 Å². The zero-order valence-corrected chi connectivity index (χ0v) is 13.3. The fraction of sp³-hybridized carbons (Fsp3) is 0.688. The second kappa shape index (κ2) is 7.61. The molecule has 2 atom stereocenters. The van der Waals surface area contributed by atoms with Crippen molar-refractivity contribution in [3.05, 3.63) is 24.2 Å². The van der Waals surface area contributed by atoms with Crippen LogP contribution >= 0.6 is 0 Å². The number of nitrogens with zero attached hydrogens (tertiary/aromatic N) is 1. The van der Waals surface area contributed by atoms with Gasteiger partial charge >= 0.3 is 0 Å². The van der Waals surface area contributed by atoms with Crippen molar-refractivity contribution in [2.45, 2.75) is 58.3 Å². The molecule has 2 heterocycles. The predicted octanol–water partition coefficient (Wildman–Crippen LogP) is 1.75. The van der Waals surface area contributed by atoms with Crippen molar-refractivity contribution in [3.8, 4) is 0 Å². The van der Waals surface area contributed by atoms with Gasteiger partial charge < -0.3 is 15.1 Å². The Morgan fingerprint density at radius 3 is 2.90 bits per heavy atom. The minimum absolute atomic E-state index is 0.0538. The molecular formula is C16H27N3O2. The number of rotatable bonds is 7. The summed E-state index contributed by atoms with van der Waals surface area (Å²) in [5.74, 6) is 0.835. The predicted molar refractivity (Wildman–Crippen MR) is 82.9 cm³/mol. The molecule has 2 N–H and O–H groups in total. The lowest BCUT2D eigenvalue weighted by Gasteiger charge is -2.33. The molecule has 1 aromatic heterocycles. The lowest BCUT2D eigenvalue weighted by Crippen LogP contribution is -2.51. The largest absolute Gasteiger partial charge is 0.467 e. The first kappa shape index (κ1) is 16.0. The minimum atomic E-state index is -0.137. The lowest BCUT2D eigenvalue weighted by atomic mass is 10.1. The van der Waals surface area contributed by atoms with Crippen LogP contribution in [0.1, 0.15) is 39.4 Å². The Morgan fingerprint density at radius 1 is 1.52 bits per heavy atom. The van der Waals surface area contributed by atoms with Gasteiger partial charge in [0.05, 0.1) is 18.8 Å². The van der Waals surface area contributed by atoms with E-state index in [0.29, 0.717) is 18.6 Å². The molecule has 1 aliphatic heterocycles. The SMILES string of the molecule is CC(C)N(CC1CCCN1)C(C)C(=O)NCc1ccco1. The zero-order valence-electron chi connectivity index (χ0n) is 13.3. The van der Waals surface area contributed by atoms with Gasteiger partial charge in [-0.2, -0.15) is 0 Å². The standard InChI is InChI=1S/C16H27N3O2/c1-12(2)19(11-14-6-4-8-17-14)13(3)16(20)18-10-15-7-5-9-21-15/h5,7,9,12-14,17H,4,6,8,10-11H2,1-3H3,(H,18,20). The molecule has 5 heteroatoms. The van der Waals surface area contributed by atoms with Crippen LogP contribution in [0.2, 0.25) is 0 Å². The van der Waals surface area contributed by atoms with E-state index in [1.165, 1.54) is 12.8 Å². The van der Waals surface area contributed by atoms with Crippen molar-refractivity contribution in [2.75, 3.05) is 13.1 Å². The third-order valence-corrected chi connectivity index (χ3v) is 4.15. The summed E-state index contributed by atoms with van der Waals surface area (Å²) in [4.78, 5) is 14.6. The van der Waals surface area contributed by atoms with Crippen molar-refractivity contribution in [1.82, 2.24) is 15.5 Å². The van der Waals surface area contributed by atoms with Gasteiger partial charge in [0.15, 0.2) is 0 Å². The lowest BCUT2D eigenvalue weighted by molar-refractivity contribution is -0.127. The highest BCUT2D eigenvalue weighted by Gasteiger charge is 2.27. The van der Waals surface area contributed by atoms with E-state index < -0.39 is 0 Å².